The van der Waals surface area contributed by atoms with Crippen LogP contribution in [-0.4, -0.2) is 51.5 Å². The van der Waals surface area contributed by atoms with Gasteiger partial charge in [-0.15, -0.1) is 0 Å². The number of nitro benzene ring substituents is 1. The third kappa shape index (κ3) is 2.99. The molecule has 0 aromatic heterocycles. The van der Waals surface area contributed by atoms with Gasteiger partial charge in [-0.25, -0.2) is 0 Å². The highest BCUT2D eigenvalue weighted by Gasteiger charge is 2.39. The zero-order valence-corrected chi connectivity index (χ0v) is 9.75. The van der Waals surface area contributed by atoms with Crippen LogP contribution in [0.15, 0.2) is 24.3 Å². The Labute approximate surface area is 108 Å². The number of benzene rings is 1. The Bertz CT molecular complexity index is 466. The highest BCUT2D eigenvalue weighted by molar-refractivity contribution is 5.38. The van der Waals surface area contributed by atoms with E-state index in [4.69, 9.17) is 9.47 Å². The molecule has 0 bridgehead atoms. The minimum Gasteiger partial charge on any atom is -0.462 e. The van der Waals surface area contributed by atoms with E-state index >= 15 is 0 Å². The van der Waals surface area contributed by atoms with E-state index in [0.29, 0.717) is 0 Å². The van der Waals surface area contributed by atoms with E-state index in [1.165, 1.54) is 24.3 Å². The molecule has 8 nitrogen and oxygen atoms in total. The maximum atomic E-state index is 10.6. The SMILES string of the molecule is O=[N+]([O-])c1cccc(O[C@@H]2OC[C@@H](O)[C@H](O)[C@H]2O)c1. The van der Waals surface area contributed by atoms with Crippen LogP contribution >= 0.6 is 0 Å². The van der Waals surface area contributed by atoms with Gasteiger partial charge in [0.15, 0.2) is 0 Å². The summed E-state index contributed by atoms with van der Waals surface area (Å²) in [6.45, 7) is -0.197. The minimum absolute atomic E-state index is 0.127. The molecule has 19 heavy (non-hydrogen) atoms. The number of hydrogen-bond acceptors (Lipinski definition) is 7. The van der Waals surface area contributed by atoms with Crippen molar-refractivity contribution in [3.8, 4) is 5.75 Å². The Kier molecular flexibility index (Phi) is 3.96. The van der Waals surface area contributed by atoms with Gasteiger partial charge in [0.25, 0.3) is 5.69 Å². The molecule has 8 heteroatoms. The fourth-order valence-corrected chi connectivity index (χ4v) is 1.69. The molecule has 1 aromatic rings. The Balaban J connectivity index is 2.09. The quantitative estimate of drug-likeness (QED) is 0.496. The molecule has 2 rings (SSSR count). The average Bonchev–Trinajstić information content (AvgIpc) is 2.40. The first-order chi connectivity index (χ1) is 8.99. The van der Waals surface area contributed by atoms with Crippen LogP contribution in [0.5, 0.6) is 5.75 Å². The summed E-state index contributed by atoms with van der Waals surface area (Å²) in [5.74, 6) is 0.127. The average molecular weight is 271 g/mol. The molecule has 0 saturated carbocycles. The molecule has 0 spiro atoms. The summed E-state index contributed by atoms with van der Waals surface area (Å²) in [6, 6.07) is 5.35. The second-order valence-electron chi connectivity index (χ2n) is 4.12. The summed E-state index contributed by atoms with van der Waals surface area (Å²) in [6.07, 6.45) is -5.22. The molecule has 1 fully saturated rings. The number of hydrogen-bond donors (Lipinski definition) is 3. The summed E-state index contributed by atoms with van der Waals surface area (Å²) in [7, 11) is 0. The number of nitrogens with zero attached hydrogens (tertiary/aromatic N) is 1. The van der Waals surface area contributed by atoms with E-state index in [2.05, 4.69) is 0 Å². The number of aliphatic hydroxyl groups excluding tert-OH is 3. The maximum absolute atomic E-state index is 10.6. The highest BCUT2D eigenvalue weighted by atomic mass is 16.7. The third-order valence-electron chi connectivity index (χ3n) is 2.73. The standard InChI is InChI=1S/C11H13NO7/c13-8-5-18-11(10(15)9(8)14)19-7-3-1-2-6(4-7)12(16)17/h1-4,8-11,13-15H,5H2/t8-,9+,10-,11+/m1/s1. The van der Waals surface area contributed by atoms with Gasteiger partial charge in [-0.1, -0.05) is 6.07 Å². The van der Waals surface area contributed by atoms with Gasteiger partial charge in [-0.2, -0.15) is 0 Å². The first-order valence-electron chi connectivity index (χ1n) is 5.56. The van der Waals surface area contributed by atoms with Gasteiger partial charge in [0.1, 0.15) is 24.1 Å². The molecule has 1 aliphatic rings. The van der Waals surface area contributed by atoms with E-state index in [1.54, 1.807) is 0 Å². The van der Waals surface area contributed by atoms with E-state index in [0.717, 1.165) is 0 Å². The number of ether oxygens (including phenoxy) is 2. The molecule has 0 unspecified atom stereocenters. The summed E-state index contributed by atoms with van der Waals surface area (Å²) in [5.41, 5.74) is -0.164. The van der Waals surface area contributed by atoms with Crippen molar-refractivity contribution in [1.82, 2.24) is 0 Å². The lowest BCUT2D eigenvalue weighted by molar-refractivity contribution is -0.385. The maximum Gasteiger partial charge on any atom is 0.273 e. The lowest BCUT2D eigenvalue weighted by Gasteiger charge is -2.34. The second-order valence-corrected chi connectivity index (χ2v) is 4.12. The molecule has 104 valence electrons. The van der Waals surface area contributed by atoms with Crippen molar-refractivity contribution in [2.24, 2.45) is 0 Å². The van der Waals surface area contributed by atoms with Crippen molar-refractivity contribution >= 4 is 5.69 Å². The van der Waals surface area contributed by atoms with Crippen LogP contribution in [0.2, 0.25) is 0 Å². The van der Waals surface area contributed by atoms with Gasteiger partial charge >= 0.3 is 0 Å². The zero-order chi connectivity index (χ0) is 14.0. The summed E-state index contributed by atoms with van der Waals surface area (Å²) < 4.78 is 10.3. The topological polar surface area (TPSA) is 122 Å². The van der Waals surface area contributed by atoms with Crippen molar-refractivity contribution < 1.29 is 29.7 Å². The first-order valence-corrected chi connectivity index (χ1v) is 5.56. The van der Waals surface area contributed by atoms with Crippen molar-refractivity contribution in [2.45, 2.75) is 24.6 Å². The van der Waals surface area contributed by atoms with Crippen molar-refractivity contribution in [3.63, 3.8) is 0 Å². The van der Waals surface area contributed by atoms with Gasteiger partial charge in [0.05, 0.1) is 17.6 Å². The molecule has 1 heterocycles. The predicted molar refractivity (Wildman–Crippen MR) is 61.5 cm³/mol. The number of non-ortho nitro benzene ring substituents is 1. The van der Waals surface area contributed by atoms with Crippen LogP contribution in [0.4, 0.5) is 5.69 Å². The number of nitro groups is 1. The second kappa shape index (κ2) is 5.49. The fraction of sp³-hybridized carbons (Fsp3) is 0.455. The molecule has 0 aliphatic carbocycles. The largest absolute Gasteiger partial charge is 0.462 e. The van der Waals surface area contributed by atoms with Crippen LogP contribution in [-0.2, 0) is 4.74 Å². The smallest absolute Gasteiger partial charge is 0.273 e. The van der Waals surface area contributed by atoms with Gasteiger partial charge in [0.2, 0.25) is 6.29 Å². The van der Waals surface area contributed by atoms with E-state index in [1.807, 2.05) is 0 Å². The van der Waals surface area contributed by atoms with Crippen molar-refractivity contribution in [3.05, 3.63) is 34.4 Å². The normalized spacial score (nSPS) is 30.9. The van der Waals surface area contributed by atoms with Crippen LogP contribution < -0.4 is 4.74 Å². The molecular weight excluding hydrogens is 258 g/mol. The summed E-state index contributed by atoms with van der Waals surface area (Å²) in [4.78, 5) is 10.0. The van der Waals surface area contributed by atoms with Crippen LogP contribution in [0.25, 0.3) is 0 Å². The predicted octanol–water partition coefficient (Wildman–Crippen LogP) is -0.587. The highest BCUT2D eigenvalue weighted by Crippen LogP contribution is 2.23. The molecule has 1 saturated heterocycles. The fourth-order valence-electron chi connectivity index (χ4n) is 1.69. The Morgan fingerprint density at radius 1 is 1.32 bits per heavy atom. The van der Waals surface area contributed by atoms with Crippen LogP contribution in [0.3, 0.4) is 0 Å². The summed E-state index contributed by atoms with van der Waals surface area (Å²) in [5, 5.41) is 39.0. The molecule has 0 amide bonds. The van der Waals surface area contributed by atoms with E-state index < -0.39 is 29.5 Å². The molecular formula is C11H13NO7. The van der Waals surface area contributed by atoms with Gasteiger partial charge in [-0.3, -0.25) is 10.1 Å². The Morgan fingerprint density at radius 3 is 2.74 bits per heavy atom. The van der Waals surface area contributed by atoms with Crippen molar-refractivity contribution in [2.75, 3.05) is 6.61 Å². The monoisotopic (exact) mass is 271 g/mol. The zero-order valence-electron chi connectivity index (χ0n) is 9.75. The first kappa shape index (κ1) is 13.7. The molecule has 1 aromatic carbocycles. The van der Waals surface area contributed by atoms with E-state index in [-0.39, 0.29) is 18.0 Å². The Morgan fingerprint density at radius 2 is 2.05 bits per heavy atom. The van der Waals surface area contributed by atoms with Crippen LogP contribution in [0.1, 0.15) is 0 Å². The van der Waals surface area contributed by atoms with Crippen molar-refractivity contribution in [1.29, 1.82) is 0 Å². The van der Waals surface area contributed by atoms with Gasteiger partial charge in [0, 0.05) is 6.07 Å². The van der Waals surface area contributed by atoms with E-state index in [9.17, 15) is 25.4 Å². The molecule has 3 N–H and O–H groups in total. The number of rotatable bonds is 3. The van der Waals surface area contributed by atoms with Gasteiger partial charge < -0.3 is 24.8 Å². The summed E-state index contributed by atoms with van der Waals surface area (Å²) >= 11 is 0. The lowest BCUT2D eigenvalue weighted by atomic mass is 10.1. The van der Waals surface area contributed by atoms with Gasteiger partial charge in [-0.05, 0) is 6.07 Å². The third-order valence-corrected chi connectivity index (χ3v) is 2.73. The lowest BCUT2D eigenvalue weighted by Crippen LogP contribution is -2.54. The molecule has 4 atom stereocenters. The molecule has 0 radical (unpaired) electrons. The minimum atomic E-state index is -1.44. The molecule has 1 aliphatic heterocycles. The Hall–Kier alpha value is -1.74. The van der Waals surface area contributed by atoms with Crippen LogP contribution in [0, 0.1) is 10.1 Å². The number of aliphatic hydroxyl groups is 3.